The van der Waals surface area contributed by atoms with Gasteiger partial charge in [0.15, 0.2) is 0 Å². The number of aromatic nitrogens is 2. The van der Waals surface area contributed by atoms with Crippen LogP contribution >= 0.6 is 0 Å². The summed E-state index contributed by atoms with van der Waals surface area (Å²) in [4.78, 5) is 24.0. The number of carboxylic acids is 1. The van der Waals surface area contributed by atoms with Crippen molar-refractivity contribution in [3.05, 3.63) is 12.3 Å². The van der Waals surface area contributed by atoms with Crippen LogP contribution in [0.15, 0.2) is 12.3 Å². The van der Waals surface area contributed by atoms with Crippen molar-refractivity contribution in [1.29, 1.82) is 0 Å². The van der Waals surface area contributed by atoms with Gasteiger partial charge in [0.2, 0.25) is 5.95 Å². The van der Waals surface area contributed by atoms with E-state index in [1.54, 1.807) is 6.20 Å². The number of piperidine rings is 1. The SMILES string of the molecule is O=C(O)C1CN(c2nccc(N3CCC(O)CC3)n2)CCN1. The molecular formula is C14H21N5O3. The lowest BCUT2D eigenvalue weighted by atomic mass is 10.1. The predicted molar refractivity (Wildman–Crippen MR) is 81.1 cm³/mol. The van der Waals surface area contributed by atoms with Crippen molar-refractivity contribution >= 4 is 17.7 Å². The summed E-state index contributed by atoms with van der Waals surface area (Å²) in [6, 6.07) is 1.27. The number of carboxylic acid groups (broad SMARTS) is 1. The highest BCUT2D eigenvalue weighted by Gasteiger charge is 2.27. The lowest BCUT2D eigenvalue weighted by molar-refractivity contribution is -0.139. The molecule has 3 rings (SSSR count). The summed E-state index contributed by atoms with van der Waals surface area (Å²) in [5, 5.41) is 21.7. The summed E-state index contributed by atoms with van der Waals surface area (Å²) in [6.45, 7) is 3.19. The van der Waals surface area contributed by atoms with E-state index in [0.717, 1.165) is 31.7 Å². The van der Waals surface area contributed by atoms with Gasteiger partial charge in [-0.05, 0) is 18.9 Å². The predicted octanol–water partition coefficient (Wildman–Crippen LogP) is -0.700. The van der Waals surface area contributed by atoms with Crippen LogP contribution in [0.3, 0.4) is 0 Å². The molecule has 0 amide bonds. The van der Waals surface area contributed by atoms with E-state index >= 15 is 0 Å². The van der Waals surface area contributed by atoms with E-state index in [4.69, 9.17) is 5.11 Å². The van der Waals surface area contributed by atoms with E-state index in [9.17, 15) is 9.90 Å². The molecule has 2 fully saturated rings. The number of piperazine rings is 1. The summed E-state index contributed by atoms with van der Waals surface area (Å²) in [5.74, 6) is 0.546. The number of aliphatic hydroxyl groups is 1. The Bertz CT molecular complexity index is 533. The molecule has 120 valence electrons. The van der Waals surface area contributed by atoms with Crippen LogP contribution in [0.1, 0.15) is 12.8 Å². The molecule has 0 aromatic carbocycles. The molecule has 0 spiro atoms. The molecule has 22 heavy (non-hydrogen) atoms. The van der Waals surface area contributed by atoms with Crippen LogP contribution in [-0.2, 0) is 4.79 Å². The van der Waals surface area contributed by atoms with Crippen LogP contribution < -0.4 is 15.1 Å². The Hall–Kier alpha value is -1.93. The van der Waals surface area contributed by atoms with E-state index in [2.05, 4.69) is 20.2 Å². The van der Waals surface area contributed by atoms with Crippen molar-refractivity contribution in [3.8, 4) is 0 Å². The van der Waals surface area contributed by atoms with Crippen molar-refractivity contribution in [2.75, 3.05) is 42.5 Å². The summed E-state index contributed by atoms with van der Waals surface area (Å²) < 4.78 is 0. The van der Waals surface area contributed by atoms with Crippen molar-refractivity contribution in [2.45, 2.75) is 25.0 Å². The minimum Gasteiger partial charge on any atom is -0.480 e. The first-order chi connectivity index (χ1) is 10.6. The molecule has 3 heterocycles. The molecule has 3 N–H and O–H groups in total. The highest BCUT2D eigenvalue weighted by molar-refractivity contribution is 5.74. The van der Waals surface area contributed by atoms with Gasteiger partial charge >= 0.3 is 5.97 Å². The number of hydrogen-bond donors (Lipinski definition) is 3. The van der Waals surface area contributed by atoms with Crippen LogP contribution in [-0.4, -0.2) is 71.0 Å². The fraction of sp³-hybridized carbons (Fsp3) is 0.643. The minimum atomic E-state index is -0.856. The zero-order chi connectivity index (χ0) is 15.5. The second-order valence-corrected chi connectivity index (χ2v) is 5.72. The van der Waals surface area contributed by atoms with Crippen molar-refractivity contribution in [2.24, 2.45) is 0 Å². The van der Waals surface area contributed by atoms with Crippen molar-refractivity contribution in [3.63, 3.8) is 0 Å². The molecule has 2 aliphatic heterocycles. The van der Waals surface area contributed by atoms with Gasteiger partial charge in [-0.2, -0.15) is 4.98 Å². The first kappa shape index (κ1) is 15.0. The monoisotopic (exact) mass is 307 g/mol. The van der Waals surface area contributed by atoms with E-state index in [1.807, 2.05) is 11.0 Å². The Kier molecular flexibility index (Phi) is 4.39. The number of aliphatic carboxylic acids is 1. The largest absolute Gasteiger partial charge is 0.480 e. The van der Waals surface area contributed by atoms with Gasteiger partial charge in [-0.25, -0.2) is 4.98 Å². The third-order valence-electron chi connectivity index (χ3n) is 4.17. The third-order valence-corrected chi connectivity index (χ3v) is 4.17. The van der Waals surface area contributed by atoms with Crippen molar-refractivity contribution < 1.29 is 15.0 Å². The summed E-state index contributed by atoms with van der Waals surface area (Å²) in [6.07, 6.45) is 2.98. The Balaban J connectivity index is 1.72. The van der Waals surface area contributed by atoms with Gasteiger partial charge in [0.25, 0.3) is 0 Å². The zero-order valence-electron chi connectivity index (χ0n) is 12.4. The van der Waals surface area contributed by atoms with E-state index < -0.39 is 12.0 Å². The van der Waals surface area contributed by atoms with Gasteiger partial charge in [0.05, 0.1) is 6.10 Å². The number of carbonyl (C=O) groups is 1. The van der Waals surface area contributed by atoms with E-state index in [1.165, 1.54) is 0 Å². The summed E-state index contributed by atoms with van der Waals surface area (Å²) in [5.41, 5.74) is 0. The first-order valence-corrected chi connectivity index (χ1v) is 7.60. The lowest BCUT2D eigenvalue weighted by Crippen LogP contribution is -2.54. The Morgan fingerprint density at radius 2 is 2.05 bits per heavy atom. The molecule has 0 bridgehead atoms. The third kappa shape index (κ3) is 3.28. The molecule has 1 aromatic heterocycles. The maximum atomic E-state index is 11.1. The Labute approximate surface area is 128 Å². The van der Waals surface area contributed by atoms with Crippen LogP contribution in [0.4, 0.5) is 11.8 Å². The normalized spacial score (nSPS) is 23.6. The standard InChI is InChI=1S/C14H21N5O3/c20-10-2-6-18(7-3-10)12-1-4-16-14(17-12)19-8-5-15-11(9-19)13(21)22/h1,4,10-11,15,20H,2-3,5-9H2,(H,21,22). The lowest BCUT2D eigenvalue weighted by Gasteiger charge is -2.33. The number of aliphatic hydroxyl groups excluding tert-OH is 1. The highest BCUT2D eigenvalue weighted by Crippen LogP contribution is 2.20. The number of rotatable bonds is 3. The minimum absolute atomic E-state index is 0.220. The molecule has 0 saturated carbocycles. The topological polar surface area (TPSA) is 102 Å². The second kappa shape index (κ2) is 6.45. The average molecular weight is 307 g/mol. The van der Waals surface area contributed by atoms with Crippen LogP contribution in [0, 0.1) is 0 Å². The molecule has 0 aliphatic carbocycles. The average Bonchev–Trinajstić information content (AvgIpc) is 2.56. The number of nitrogens with one attached hydrogen (secondary N) is 1. The molecule has 2 saturated heterocycles. The number of hydrogen-bond acceptors (Lipinski definition) is 7. The zero-order valence-corrected chi connectivity index (χ0v) is 12.4. The molecule has 1 unspecified atom stereocenters. The van der Waals surface area contributed by atoms with Gasteiger partial charge in [-0.3, -0.25) is 4.79 Å². The van der Waals surface area contributed by atoms with Crippen molar-refractivity contribution in [1.82, 2.24) is 15.3 Å². The van der Waals surface area contributed by atoms with Crippen LogP contribution in [0.2, 0.25) is 0 Å². The second-order valence-electron chi connectivity index (χ2n) is 5.72. The molecule has 8 heteroatoms. The van der Waals surface area contributed by atoms with Gasteiger partial charge in [-0.1, -0.05) is 0 Å². The maximum Gasteiger partial charge on any atom is 0.322 e. The summed E-state index contributed by atoms with van der Waals surface area (Å²) in [7, 11) is 0. The van der Waals surface area contributed by atoms with Gasteiger partial charge in [0, 0.05) is 38.9 Å². The van der Waals surface area contributed by atoms with E-state index in [-0.39, 0.29) is 6.10 Å². The molecular weight excluding hydrogens is 286 g/mol. The Morgan fingerprint density at radius 1 is 1.27 bits per heavy atom. The van der Waals surface area contributed by atoms with Gasteiger partial charge in [0.1, 0.15) is 11.9 Å². The molecule has 8 nitrogen and oxygen atoms in total. The molecule has 1 atom stereocenters. The molecule has 0 radical (unpaired) electrons. The van der Waals surface area contributed by atoms with Crippen LogP contribution in [0.25, 0.3) is 0 Å². The van der Waals surface area contributed by atoms with Gasteiger partial charge in [-0.15, -0.1) is 0 Å². The first-order valence-electron chi connectivity index (χ1n) is 7.60. The van der Waals surface area contributed by atoms with E-state index in [0.29, 0.717) is 25.6 Å². The molecule has 2 aliphatic rings. The Morgan fingerprint density at radius 3 is 2.77 bits per heavy atom. The fourth-order valence-corrected chi connectivity index (χ4v) is 2.86. The number of anilines is 2. The fourth-order valence-electron chi connectivity index (χ4n) is 2.86. The van der Waals surface area contributed by atoms with Crippen LogP contribution in [0.5, 0.6) is 0 Å². The summed E-state index contributed by atoms with van der Waals surface area (Å²) >= 11 is 0. The molecule has 1 aromatic rings. The van der Waals surface area contributed by atoms with Gasteiger partial charge < -0.3 is 25.3 Å². The quantitative estimate of drug-likeness (QED) is 0.674. The highest BCUT2D eigenvalue weighted by atomic mass is 16.4. The number of nitrogens with zero attached hydrogens (tertiary/aromatic N) is 4. The smallest absolute Gasteiger partial charge is 0.322 e. The maximum absolute atomic E-state index is 11.1.